The van der Waals surface area contributed by atoms with Gasteiger partial charge in [0.2, 0.25) is 5.91 Å². The Labute approximate surface area is 166 Å². The van der Waals surface area contributed by atoms with E-state index in [0.717, 1.165) is 5.56 Å². The second kappa shape index (κ2) is 6.72. The van der Waals surface area contributed by atoms with Crippen molar-refractivity contribution in [2.75, 3.05) is 12.4 Å². The number of carbonyl (C=O) groups excluding carboxylic acids is 2. The number of rotatable bonds is 5. The molecule has 0 unspecified atom stereocenters. The Morgan fingerprint density at radius 3 is 2.46 bits per heavy atom. The van der Waals surface area contributed by atoms with Crippen LogP contribution in [0.15, 0.2) is 30.6 Å². The number of methoxy groups -OCH3 is 1. The number of anilines is 1. The van der Waals surface area contributed by atoms with Gasteiger partial charge in [-0.05, 0) is 49.9 Å². The topological polar surface area (TPSA) is 102 Å². The molecule has 3 aliphatic carbocycles. The van der Waals surface area contributed by atoms with E-state index >= 15 is 0 Å². The van der Waals surface area contributed by atoms with Crippen molar-refractivity contribution in [3.63, 3.8) is 0 Å². The lowest BCUT2D eigenvalue weighted by Gasteiger charge is -2.67. The first-order chi connectivity index (χ1) is 13.3. The minimum Gasteiger partial charge on any atom is -0.424 e. The van der Waals surface area contributed by atoms with E-state index in [0.29, 0.717) is 35.7 Å². The molecule has 1 aromatic heterocycles. The van der Waals surface area contributed by atoms with Crippen molar-refractivity contribution in [1.82, 2.24) is 15.3 Å². The molecule has 9 heteroatoms. The Morgan fingerprint density at radius 2 is 1.86 bits per heavy atom. The zero-order valence-corrected chi connectivity index (χ0v) is 16.2. The van der Waals surface area contributed by atoms with Crippen molar-refractivity contribution in [2.45, 2.75) is 31.8 Å². The van der Waals surface area contributed by atoms with Crippen LogP contribution in [0.2, 0.25) is 5.02 Å². The molecule has 1 aromatic carbocycles. The molecule has 5 rings (SSSR count). The fourth-order valence-electron chi connectivity index (χ4n) is 3.84. The Balaban J connectivity index is 1.33. The predicted molar refractivity (Wildman–Crippen MR) is 101 cm³/mol. The van der Waals surface area contributed by atoms with Gasteiger partial charge in [0.25, 0.3) is 0 Å². The SMILES string of the molecule is COC12CC(C(=O)NC(=O)Nc3ccc(Oc4ncc(Cl)cn4)c(C)c3)(C1)C2. The summed E-state index contributed by atoms with van der Waals surface area (Å²) in [4.78, 5) is 32.4. The van der Waals surface area contributed by atoms with Crippen molar-refractivity contribution in [1.29, 1.82) is 0 Å². The maximum absolute atomic E-state index is 12.3. The summed E-state index contributed by atoms with van der Waals surface area (Å²) in [5, 5.41) is 5.50. The lowest BCUT2D eigenvalue weighted by Crippen LogP contribution is -2.73. The largest absolute Gasteiger partial charge is 0.424 e. The Kier molecular flexibility index (Phi) is 4.47. The number of hydrogen-bond donors (Lipinski definition) is 2. The lowest BCUT2D eigenvalue weighted by atomic mass is 9.41. The van der Waals surface area contributed by atoms with Crippen LogP contribution < -0.4 is 15.4 Å². The third-order valence-corrected chi connectivity index (χ3v) is 5.55. The van der Waals surface area contributed by atoms with E-state index in [1.165, 1.54) is 12.4 Å². The Bertz CT molecular complexity index is 928. The zero-order valence-electron chi connectivity index (χ0n) is 15.4. The van der Waals surface area contributed by atoms with E-state index in [1.54, 1.807) is 25.3 Å². The molecule has 0 atom stereocenters. The quantitative estimate of drug-likeness (QED) is 0.794. The number of nitrogens with one attached hydrogen (secondary N) is 2. The van der Waals surface area contributed by atoms with Gasteiger partial charge in [-0.3, -0.25) is 10.1 Å². The molecule has 2 bridgehead atoms. The van der Waals surface area contributed by atoms with Crippen molar-refractivity contribution >= 4 is 29.2 Å². The molecule has 2 N–H and O–H groups in total. The maximum Gasteiger partial charge on any atom is 0.325 e. The van der Waals surface area contributed by atoms with Gasteiger partial charge in [-0.15, -0.1) is 0 Å². The monoisotopic (exact) mass is 402 g/mol. The van der Waals surface area contributed by atoms with Crippen molar-refractivity contribution in [3.05, 3.63) is 41.2 Å². The van der Waals surface area contributed by atoms with Crippen LogP contribution in [0.4, 0.5) is 10.5 Å². The van der Waals surface area contributed by atoms with E-state index in [4.69, 9.17) is 21.1 Å². The fourth-order valence-corrected chi connectivity index (χ4v) is 3.94. The number of urea groups is 1. The van der Waals surface area contributed by atoms with Gasteiger partial charge in [-0.25, -0.2) is 14.8 Å². The molecule has 3 amide bonds. The molecule has 2 aromatic rings. The molecule has 28 heavy (non-hydrogen) atoms. The highest BCUT2D eigenvalue weighted by atomic mass is 35.5. The first kappa shape index (κ1) is 18.6. The first-order valence-electron chi connectivity index (χ1n) is 8.77. The molecule has 0 aliphatic heterocycles. The van der Waals surface area contributed by atoms with Crippen LogP contribution in [0, 0.1) is 12.3 Å². The summed E-state index contributed by atoms with van der Waals surface area (Å²) in [7, 11) is 1.66. The molecule has 0 spiro atoms. The molecule has 3 fully saturated rings. The summed E-state index contributed by atoms with van der Waals surface area (Å²) in [6, 6.07) is 4.70. The molecule has 1 heterocycles. The van der Waals surface area contributed by atoms with Gasteiger partial charge < -0.3 is 14.8 Å². The molecule has 8 nitrogen and oxygen atoms in total. The summed E-state index contributed by atoms with van der Waals surface area (Å²) < 4.78 is 11.0. The number of hydrogen-bond acceptors (Lipinski definition) is 6. The summed E-state index contributed by atoms with van der Waals surface area (Å²) >= 11 is 5.75. The predicted octanol–water partition coefficient (Wildman–Crippen LogP) is 3.45. The van der Waals surface area contributed by atoms with Crippen molar-refractivity contribution in [2.24, 2.45) is 5.41 Å². The van der Waals surface area contributed by atoms with Crippen LogP contribution in [0.1, 0.15) is 24.8 Å². The van der Waals surface area contributed by atoms with Gasteiger partial charge in [0.05, 0.1) is 28.4 Å². The normalized spacial score (nSPS) is 24.5. The van der Waals surface area contributed by atoms with Crippen LogP contribution >= 0.6 is 11.6 Å². The fraction of sp³-hybridized carbons (Fsp3) is 0.368. The lowest BCUT2D eigenvalue weighted by molar-refractivity contribution is -0.262. The number of carbonyl (C=O) groups is 2. The molecule has 3 aliphatic rings. The summed E-state index contributed by atoms with van der Waals surface area (Å²) in [5.41, 5.74) is 0.718. The standard InChI is InChI=1S/C19H19ClN4O4/c1-11-5-13(3-4-14(11)28-17-21-6-12(20)7-22-17)23-16(26)24-15(25)18-8-19(9-18,10-18)27-2/h3-7H,8-10H2,1-2H3,(H2,23,24,25,26). The van der Waals surface area contributed by atoms with Crippen molar-refractivity contribution < 1.29 is 19.1 Å². The minimum absolute atomic E-state index is 0.144. The Hall–Kier alpha value is -2.71. The van der Waals surface area contributed by atoms with Gasteiger partial charge >= 0.3 is 12.0 Å². The number of imide groups is 1. The molecule has 146 valence electrons. The second-order valence-electron chi connectivity index (χ2n) is 7.37. The van der Waals surface area contributed by atoms with Crippen LogP contribution in [-0.2, 0) is 9.53 Å². The number of benzene rings is 1. The highest BCUT2D eigenvalue weighted by Crippen LogP contribution is 2.68. The van der Waals surface area contributed by atoms with Crippen molar-refractivity contribution in [3.8, 4) is 11.8 Å². The number of aryl methyl sites for hydroxylation is 1. The minimum atomic E-state index is -0.560. The number of nitrogens with zero attached hydrogens (tertiary/aromatic N) is 2. The van der Waals surface area contributed by atoms with E-state index in [-0.39, 0.29) is 17.5 Å². The van der Waals surface area contributed by atoms with Gasteiger partial charge in [0.15, 0.2) is 0 Å². The third kappa shape index (κ3) is 3.29. The van der Waals surface area contributed by atoms with Crippen LogP contribution in [0.5, 0.6) is 11.8 Å². The number of amides is 3. The first-order valence-corrected chi connectivity index (χ1v) is 9.15. The summed E-state index contributed by atoms with van der Waals surface area (Å²) in [5.74, 6) is 0.295. The van der Waals surface area contributed by atoms with E-state index in [1.807, 2.05) is 6.92 Å². The van der Waals surface area contributed by atoms with Gasteiger partial charge in [0, 0.05) is 12.8 Å². The molecule has 0 saturated heterocycles. The highest BCUT2D eigenvalue weighted by molar-refractivity contribution is 6.30. The molecule has 0 radical (unpaired) electrons. The number of aromatic nitrogens is 2. The molecular weight excluding hydrogens is 384 g/mol. The summed E-state index contributed by atoms with van der Waals surface area (Å²) in [6.07, 6.45) is 4.91. The van der Waals surface area contributed by atoms with E-state index in [9.17, 15) is 9.59 Å². The second-order valence-corrected chi connectivity index (χ2v) is 7.81. The number of ether oxygens (including phenoxy) is 2. The van der Waals surface area contributed by atoms with E-state index in [2.05, 4.69) is 20.6 Å². The molecular formula is C19H19ClN4O4. The average Bonchev–Trinajstić information content (AvgIpc) is 2.57. The molecule has 3 saturated carbocycles. The van der Waals surface area contributed by atoms with Gasteiger partial charge in [-0.1, -0.05) is 11.6 Å². The zero-order chi connectivity index (χ0) is 19.9. The van der Waals surface area contributed by atoms with Gasteiger partial charge in [-0.2, -0.15) is 0 Å². The number of halogens is 1. The van der Waals surface area contributed by atoms with Crippen LogP contribution in [-0.4, -0.2) is 34.6 Å². The van der Waals surface area contributed by atoms with Crippen LogP contribution in [0.25, 0.3) is 0 Å². The Morgan fingerprint density at radius 1 is 1.18 bits per heavy atom. The highest BCUT2D eigenvalue weighted by Gasteiger charge is 2.72. The summed E-state index contributed by atoms with van der Waals surface area (Å²) in [6.45, 7) is 1.82. The third-order valence-electron chi connectivity index (χ3n) is 5.35. The smallest absolute Gasteiger partial charge is 0.325 e. The van der Waals surface area contributed by atoms with E-state index < -0.39 is 11.4 Å². The average molecular weight is 403 g/mol. The van der Waals surface area contributed by atoms with Gasteiger partial charge in [0.1, 0.15) is 5.75 Å². The van der Waals surface area contributed by atoms with Crippen LogP contribution in [0.3, 0.4) is 0 Å². The maximum atomic E-state index is 12.3.